The third-order valence-corrected chi connectivity index (χ3v) is 6.12. The molecule has 1 aromatic heterocycles. The van der Waals surface area contributed by atoms with Gasteiger partial charge >= 0.3 is 0 Å². The largest absolute Gasteiger partial charge is 0.374 e. The molecule has 0 bridgehead atoms. The van der Waals surface area contributed by atoms with E-state index in [1.807, 2.05) is 0 Å². The van der Waals surface area contributed by atoms with Gasteiger partial charge in [-0.15, -0.1) is 0 Å². The van der Waals surface area contributed by atoms with Gasteiger partial charge < -0.3 is 5.11 Å². The fraction of sp³-hybridized carbons (Fsp3) is 0.450. The summed E-state index contributed by atoms with van der Waals surface area (Å²) in [6.07, 6.45) is 0.968. The number of benzene rings is 1. The van der Waals surface area contributed by atoms with Crippen molar-refractivity contribution in [2.24, 2.45) is 0 Å². The lowest BCUT2D eigenvalue weighted by Crippen LogP contribution is -2.45. The van der Waals surface area contributed by atoms with Gasteiger partial charge in [0.1, 0.15) is 12.4 Å². The summed E-state index contributed by atoms with van der Waals surface area (Å²) in [6.45, 7) is 0.325. The van der Waals surface area contributed by atoms with E-state index in [0.29, 0.717) is 17.7 Å². The molecule has 1 amide bonds. The van der Waals surface area contributed by atoms with Gasteiger partial charge in [0, 0.05) is 18.4 Å². The molecule has 2 fully saturated rings. The molecule has 5 rings (SSSR count). The highest BCUT2D eigenvalue weighted by Gasteiger charge is 2.59. The topological polar surface area (TPSA) is 78.4 Å². The van der Waals surface area contributed by atoms with Crippen LogP contribution in [0, 0.1) is 5.82 Å². The van der Waals surface area contributed by atoms with E-state index in [2.05, 4.69) is 15.3 Å². The maximum Gasteiger partial charge on any atom is 0.241 e. The van der Waals surface area contributed by atoms with Gasteiger partial charge in [0.05, 0.1) is 18.9 Å². The van der Waals surface area contributed by atoms with Gasteiger partial charge in [-0.3, -0.25) is 15.0 Å². The summed E-state index contributed by atoms with van der Waals surface area (Å²) in [5.41, 5.74) is -0.390. The summed E-state index contributed by atoms with van der Waals surface area (Å²) in [6, 6.07) is 4.84. The average molecular weight is 404 g/mol. The second-order valence-electron chi connectivity index (χ2n) is 8.17. The van der Waals surface area contributed by atoms with E-state index in [-0.39, 0.29) is 24.3 Å². The van der Waals surface area contributed by atoms with Crippen LogP contribution in [0.4, 0.5) is 19.1 Å². The fourth-order valence-electron chi connectivity index (χ4n) is 4.20. The van der Waals surface area contributed by atoms with E-state index in [4.69, 9.17) is 0 Å². The van der Waals surface area contributed by atoms with Gasteiger partial charge in [-0.05, 0) is 29.5 Å². The van der Waals surface area contributed by atoms with Crippen LogP contribution in [0.5, 0.6) is 0 Å². The molecule has 152 valence electrons. The lowest BCUT2D eigenvalue weighted by atomic mass is 9.84. The number of amides is 1. The number of aliphatic hydroxyl groups excluding tert-OH is 1. The molecule has 2 aliphatic carbocycles. The zero-order valence-electron chi connectivity index (χ0n) is 15.4. The molecule has 0 radical (unpaired) electrons. The Hall–Kier alpha value is -2.52. The number of fused-ring (bicyclic) bond motifs is 2. The summed E-state index contributed by atoms with van der Waals surface area (Å²) in [4.78, 5) is 21.4. The van der Waals surface area contributed by atoms with Gasteiger partial charge in [0.15, 0.2) is 11.5 Å². The zero-order valence-corrected chi connectivity index (χ0v) is 15.4. The van der Waals surface area contributed by atoms with Crippen LogP contribution in [0.25, 0.3) is 0 Å². The molecule has 2 N–H and O–H groups in total. The number of nitrogens with one attached hydrogen (secondary N) is 1. The number of alkyl halides is 2. The highest BCUT2D eigenvalue weighted by molar-refractivity contribution is 5.90. The third-order valence-electron chi connectivity index (χ3n) is 6.12. The number of anilines is 1. The minimum absolute atomic E-state index is 0.0208. The summed E-state index contributed by atoms with van der Waals surface area (Å²) in [7, 11) is 0. The third kappa shape index (κ3) is 3.08. The Morgan fingerprint density at radius 1 is 1.31 bits per heavy atom. The molecule has 0 saturated heterocycles. The summed E-state index contributed by atoms with van der Waals surface area (Å²) >= 11 is 0. The Labute approximate surface area is 164 Å². The molecule has 9 heteroatoms. The first-order chi connectivity index (χ1) is 13.8. The number of rotatable bonds is 4. The molecule has 2 heterocycles. The van der Waals surface area contributed by atoms with Crippen LogP contribution in [0.3, 0.4) is 0 Å². The van der Waals surface area contributed by atoms with Crippen molar-refractivity contribution in [2.45, 2.75) is 42.7 Å². The first kappa shape index (κ1) is 18.5. The summed E-state index contributed by atoms with van der Waals surface area (Å²) < 4.78 is 40.9. The molecule has 3 atom stereocenters. The van der Waals surface area contributed by atoms with Crippen molar-refractivity contribution in [3.05, 3.63) is 53.1 Å². The van der Waals surface area contributed by atoms with Crippen LogP contribution in [0.2, 0.25) is 0 Å². The molecule has 3 aliphatic rings. The number of aromatic nitrogens is 2. The number of hydrogen-bond donors (Lipinski definition) is 2. The first-order valence-electron chi connectivity index (χ1n) is 9.48. The molecule has 1 aromatic carbocycles. The van der Waals surface area contributed by atoms with Crippen molar-refractivity contribution in [3.63, 3.8) is 0 Å². The van der Waals surface area contributed by atoms with Crippen LogP contribution in [0.1, 0.15) is 42.2 Å². The Morgan fingerprint density at radius 3 is 2.62 bits per heavy atom. The lowest BCUT2D eigenvalue weighted by molar-refractivity contribution is -0.121. The van der Waals surface area contributed by atoms with Crippen molar-refractivity contribution in [3.8, 4) is 0 Å². The molecule has 29 heavy (non-hydrogen) atoms. The monoisotopic (exact) mass is 404 g/mol. The Bertz CT molecular complexity index is 982. The van der Waals surface area contributed by atoms with Crippen molar-refractivity contribution < 1.29 is 23.1 Å². The Kier molecular flexibility index (Phi) is 3.98. The fourth-order valence-corrected chi connectivity index (χ4v) is 4.20. The molecule has 1 unspecified atom stereocenters. The zero-order chi connectivity index (χ0) is 20.4. The van der Waals surface area contributed by atoms with E-state index in [1.54, 1.807) is 17.0 Å². The van der Waals surface area contributed by atoms with Gasteiger partial charge in [-0.2, -0.15) is 0 Å². The molecular weight excluding hydrogens is 385 g/mol. The number of nitrogens with zero attached hydrogens (tertiary/aromatic N) is 3. The maximum atomic E-state index is 14.5. The Balaban J connectivity index is 1.35. The van der Waals surface area contributed by atoms with Crippen LogP contribution >= 0.6 is 0 Å². The van der Waals surface area contributed by atoms with Crippen LogP contribution in [-0.4, -0.2) is 45.1 Å². The molecule has 2 aromatic rings. The highest BCUT2D eigenvalue weighted by Crippen LogP contribution is 2.57. The first-order valence-corrected chi connectivity index (χ1v) is 9.48. The van der Waals surface area contributed by atoms with Gasteiger partial charge in [-0.25, -0.2) is 23.1 Å². The lowest BCUT2D eigenvalue weighted by Gasteiger charge is -2.39. The van der Waals surface area contributed by atoms with E-state index in [0.717, 1.165) is 30.8 Å². The van der Waals surface area contributed by atoms with E-state index in [9.17, 15) is 23.1 Å². The van der Waals surface area contributed by atoms with E-state index >= 15 is 0 Å². The van der Waals surface area contributed by atoms with Crippen molar-refractivity contribution in [1.29, 1.82) is 0 Å². The smallest absolute Gasteiger partial charge is 0.241 e. The number of carbonyl (C=O) groups excluding carboxylic acids is 1. The molecule has 1 spiro atoms. The number of halogens is 3. The minimum Gasteiger partial charge on any atom is -0.374 e. The molecule has 1 aliphatic heterocycles. The van der Waals surface area contributed by atoms with Crippen molar-refractivity contribution >= 4 is 11.9 Å². The number of hydrogen-bond acceptors (Lipinski definition) is 5. The standard InChI is InChI=1S/C20H19F3N4O2/c21-12-7-24-18(25-8-12)26-16(28)9-27-10-19(3-4-19)14-5-11(20(23)6-15(20)22)1-2-13(14)17(27)29/h1-2,5,7-8,15,17,29H,3-4,6,9-10H2,(H,24,25,26,28)/t15-,17?,20+/m0/s1. The van der Waals surface area contributed by atoms with Gasteiger partial charge in [-0.1, -0.05) is 18.2 Å². The van der Waals surface area contributed by atoms with Crippen LogP contribution < -0.4 is 5.32 Å². The normalized spacial score (nSPS) is 29.4. The Morgan fingerprint density at radius 2 is 2.00 bits per heavy atom. The van der Waals surface area contributed by atoms with E-state index in [1.165, 1.54) is 6.07 Å². The van der Waals surface area contributed by atoms with Gasteiger partial charge in [0.25, 0.3) is 0 Å². The van der Waals surface area contributed by atoms with Crippen molar-refractivity contribution in [1.82, 2.24) is 14.9 Å². The summed E-state index contributed by atoms with van der Waals surface area (Å²) in [5, 5.41) is 13.3. The maximum absolute atomic E-state index is 14.5. The molecule has 6 nitrogen and oxygen atoms in total. The van der Waals surface area contributed by atoms with Crippen molar-refractivity contribution in [2.75, 3.05) is 18.4 Å². The number of carbonyl (C=O) groups is 1. The predicted molar refractivity (Wildman–Crippen MR) is 96.8 cm³/mol. The molecular formula is C20H19F3N4O2. The minimum atomic E-state index is -1.91. The predicted octanol–water partition coefficient (Wildman–Crippen LogP) is 2.50. The van der Waals surface area contributed by atoms with Gasteiger partial charge in [0.2, 0.25) is 11.9 Å². The number of aliphatic hydroxyl groups is 1. The second-order valence-corrected chi connectivity index (χ2v) is 8.17. The van der Waals surface area contributed by atoms with Crippen LogP contribution in [0.15, 0.2) is 30.6 Å². The molecule has 2 saturated carbocycles. The highest BCUT2D eigenvalue weighted by atomic mass is 19.2. The SMILES string of the molecule is O=C(CN1CC2(CC2)c2cc([C@]3(F)C[C@@H]3F)ccc2C1O)Nc1ncc(F)cn1. The average Bonchev–Trinajstić information content (AvgIpc) is 3.60. The second kappa shape index (κ2) is 6.24. The van der Waals surface area contributed by atoms with Crippen LogP contribution in [-0.2, 0) is 15.9 Å². The summed E-state index contributed by atoms with van der Waals surface area (Å²) in [5.74, 6) is -1.07. The quantitative estimate of drug-likeness (QED) is 0.819. The van der Waals surface area contributed by atoms with E-state index < -0.39 is 29.8 Å².